The molecule has 1 saturated heterocycles. The number of nitrogens with zero attached hydrogens (tertiary/aromatic N) is 3. The topological polar surface area (TPSA) is 59.8 Å². The van der Waals surface area contributed by atoms with E-state index in [1.165, 1.54) is 5.56 Å². The van der Waals surface area contributed by atoms with E-state index in [4.69, 9.17) is 4.74 Å². The molecular weight excluding hydrogens is 352 g/mol. The van der Waals surface area contributed by atoms with Crippen molar-refractivity contribution in [3.63, 3.8) is 0 Å². The number of quaternary nitrogens is 1. The van der Waals surface area contributed by atoms with Gasteiger partial charge < -0.3 is 22.0 Å². The van der Waals surface area contributed by atoms with E-state index in [0.29, 0.717) is 39.4 Å². The Bertz CT molecular complexity index is 700. The molecule has 1 aromatic heterocycles. The van der Waals surface area contributed by atoms with Crippen molar-refractivity contribution in [3.8, 4) is 0 Å². The Labute approximate surface area is 160 Å². The first-order valence-corrected chi connectivity index (χ1v) is 8.68. The van der Waals surface area contributed by atoms with Crippen LogP contribution in [0.1, 0.15) is 17.1 Å². The molecule has 1 aromatic carbocycles. The molecule has 1 unspecified atom stereocenters. The van der Waals surface area contributed by atoms with Crippen molar-refractivity contribution in [3.05, 3.63) is 53.5 Å². The summed E-state index contributed by atoms with van der Waals surface area (Å²) in [7, 11) is 0. The number of nitrogens with one attached hydrogen (secondary N) is 1. The minimum absolute atomic E-state index is 0. The minimum atomic E-state index is 0. The predicted molar refractivity (Wildman–Crippen MR) is 94.5 cm³/mol. The molecule has 0 aliphatic carbocycles. The smallest absolute Gasteiger partial charge is 0.278 e. The number of aromatic nitrogens is 2. The minimum Gasteiger partial charge on any atom is -1.00 e. The van der Waals surface area contributed by atoms with Crippen LogP contribution in [-0.2, 0) is 16.1 Å². The maximum Gasteiger partial charge on any atom is 0.278 e. The summed E-state index contributed by atoms with van der Waals surface area (Å²) in [6, 6.07) is 12.2. The van der Waals surface area contributed by atoms with Crippen LogP contribution in [0.25, 0.3) is 0 Å². The summed E-state index contributed by atoms with van der Waals surface area (Å²) in [5.41, 5.74) is 2.10. The van der Waals surface area contributed by atoms with Crippen molar-refractivity contribution < 1.29 is 26.8 Å². The molecule has 6 nitrogen and oxygen atoms in total. The van der Waals surface area contributed by atoms with Gasteiger partial charge in [-0.15, -0.1) is 0 Å². The average molecular weight is 377 g/mol. The first-order valence-electron chi connectivity index (χ1n) is 8.68. The van der Waals surface area contributed by atoms with E-state index >= 15 is 0 Å². The highest BCUT2D eigenvalue weighted by molar-refractivity contribution is 5.77. The van der Waals surface area contributed by atoms with E-state index in [1.54, 1.807) is 0 Å². The third-order valence-corrected chi connectivity index (χ3v) is 4.32. The first-order chi connectivity index (χ1) is 12.1. The number of hydrogen-bond acceptors (Lipinski definition) is 4. The highest BCUT2D eigenvalue weighted by Crippen LogP contribution is 2.04. The molecule has 2 aromatic rings. The number of halogens is 1. The van der Waals surface area contributed by atoms with Gasteiger partial charge in [0.1, 0.15) is 12.4 Å². The SMILES string of the molecule is Cc1cc([NH+](CC(=O)N2CCOCC2)Cc2ccccc2)nc(C)n1.[Cl-]. The summed E-state index contributed by atoms with van der Waals surface area (Å²) in [6.07, 6.45) is 0. The van der Waals surface area contributed by atoms with Crippen LogP contribution in [0.3, 0.4) is 0 Å². The van der Waals surface area contributed by atoms with E-state index in [-0.39, 0.29) is 18.3 Å². The van der Waals surface area contributed by atoms with E-state index in [1.807, 2.05) is 43.0 Å². The van der Waals surface area contributed by atoms with Gasteiger partial charge in [-0.05, 0) is 13.8 Å². The highest BCUT2D eigenvalue weighted by atomic mass is 35.5. The normalized spacial score (nSPS) is 15.2. The van der Waals surface area contributed by atoms with Crippen molar-refractivity contribution in [2.75, 3.05) is 32.8 Å². The number of ether oxygens (including phenoxy) is 1. The average Bonchev–Trinajstić information content (AvgIpc) is 2.62. The standard InChI is InChI=1S/C19H24N4O2.ClH/c1-15-12-18(21-16(2)20-15)23(13-17-6-4-3-5-7-17)14-19(24)22-8-10-25-11-9-22;/h3-7,12H,8-11,13-14H2,1-2H3;1H. The molecule has 0 radical (unpaired) electrons. The molecular formula is C19H25ClN4O2. The molecule has 1 fully saturated rings. The Hall–Kier alpha value is -2.02. The van der Waals surface area contributed by atoms with Gasteiger partial charge in [0.15, 0.2) is 6.54 Å². The van der Waals surface area contributed by atoms with E-state index < -0.39 is 0 Å². The third kappa shape index (κ3) is 5.49. The van der Waals surface area contributed by atoms with Crippen LogP contribution in [0.5, 0.6) is 0 Å². The first kappa shape index (κ1) is 20.3. The van der Waals surface area contributed by atoms with Crippen LogP contribution in [0, 0.1) is 13.8 Å². The summed E-state index contributed by atoms with van der Waals surface area (Å²) in [5, 5.41) is 0. The molecule has 7 heteroatoms. The van der Waals surface area contributed by atoms with E-state index in [2.05, 4.69) is 22.1 Å². The lowest BCUT2D eigenvalue weighted by Gasteiger charge is -2.28. The van der Waals surface area contributed by atoms with Gasteiger partial charge in [0.25, 0.3) is 5.91 Å². The summed E-state index contributed by atoms with van der Waals surface area (Å²) < 4.78 is 5.35. The Morgan fingerprint density at radius 3 is 2.50 bits per heavy atom. The van der Waals surface area contributed by atoms with Crippen molar-refractivity contribution in [1.29, 1.82) is 0 Å². The molecule has 2 heterocycles. The molecule has 0 saturated carbocycles. The lowest BCUT2D eigenvalue weighted by Crippen LogP contribution is -3.07. The zero-order valence-electron chi connectivity index (χ0n) is 15.2. The van der Waals surface area contributed by atoms with Gasteiger partial charge in [0.2, 0.25) is 5.82 Å². The van der Waals surface area contributed by atoms with Gasteiger partial charge >= 0.3 is 0 Å². The van der Waals surface area contributed by atoms with Crippen molar-refractivity contribution in [2.24, 2.45) is 0 Å². The second-order valence-corrected chi connectivity index (χ2v) is 6.38. The van der Waals surface area contributed by atoms with E-state index in [0.717, 1.165) is 22.2 Å². The van der Waals surface area contributed by atoms with Crippen molar-refractivity contribution in [2.45, 2.75) is 20.4 Å². The molecule has 1 atom stereocenters. The lowest BCUT2D eigenvalue weighted by atomic mass is 10.2. The van der Waals surface area contributed by atoms with Crippen molar-refractivity contribution in [1.82, 2.24) is 14.9 Å². The summed E-state index contributed by atoms with van der Waals surface area (Å²) in [6.45, 7) is 7.51. The lowest BCUT2D eigenvalue weighted by molar-refractivity contribution is -0.841. The van der Waals surface area contributed by atoms with Gasteiger partial charge in [-0.3, -0.25) is 9.69 Å². The summed E-state index contributed by atoms with van der Waals surface area (Å²) in [4.78, 5) is 24.6. The Morgan fingerprint density at radius 1 is 1.15 bits per heavy atom. The molecule has 26 heavy (non-hydrogen) atoms. The molecule has 1 N–H and O–H groups in total. The largest absolute Gasteiger partial charge is 1.00 e. The van der Waals surface area contributed by atoms with Gasteiger partial charge in [-0.2, -0.15) is 4.98 Å². The number of hydrogen-bond donors (Lipinski definition) is 1. The van der Waals surface area contributed by atoms with Crippen LogP contribution in [0.15, 0.2) is 36.4 Å². The fourth-order valence-electron chi connectivity index (χ4n) is 3.09. The number of amides is 1. The fraction of sp³-hybridized carbons (Fsp3) is 0.421. The molecule has 3 rings (SSSR count). The molecule has 140 valence electrons. The third-order valence-electron chi connectivity index (χ3n) is 4.32. The number of morpholine rings is 1. The fourth-order valence-corrected chi connectivity index (χ4v) is 3.09. The van der Waals surface area contributed by atoms with Crippen LogP contribution >= 0.6 is 0 Å². The number of benzene rings is 1. The van der Waals surface area contributed by atoms with Crippen LogP contribution in [-0.4, -0.2) is 53.6 Å². The zero-order valence-corrected chi connectivity index (χ0v) is 16.0. The van der Waals surface area contributed by atoms with Gasteiger partial charge in [0, 0.05) is 30.4 Å². The Morgan fingerprint density at radius 2 is 1.85 bits per heavy atom. The number of carbonyl (C=O) groups is 1. The zero-order chi connectivity index (χ0) is 17.6. The van der Waals surface area contributed by atoms with Crippen LogP contribution in [0.4, 0.5) is 5.82 Å². The maximum absolute atomic E-state index is 12.7. The molecule has 1 aliphatic heterocycles. The number of aryl methyl sites for hydroxylation is 2. The molecule has 0 bridgehead atoms. The molecule has 1 aliphatic rings. The number of carbonyl (C=O) groups excluding carboxylic acids is 1. The molecule has 0 spiro atoms. The summed E-state index contributed by atoms with van der Waals surface area (Å²) >= 11 is 0. The van der Waals surface area contributed by atoms with Gasteiger partial charge in [0.05, 0.1) is 13.2 Å². The van der Waals surface area contributed by atoms with Crippen molar-refractivity contribution >= 4 is 11.7 Å². The monoisotopic (exact) mass is 376 g/mol. The van der Waals surface area contributed by atoms with Gasteiger partial charge in [-0.25, -0.2) is 4.98 Å². The second-order valence-electron chi connectivity index (χ2n) is 6.38. The van der Waals surface area contributed by atoms with Crippen LogP contribution < -0.4 is 17.3 Å². The highest BCUT2D eigenvalue weighted by Gasteiger charge is 2.25. The Balaban J connectivity index is 0.00000243. The predicted octanol–water partition coefficient (Wildman–Crippen LogP) is -2.33. The van der Waals surface area contributed by atoms with Gasteiger partial charge in [-0.1, -0.05) is 30.3 Å². The quantitative estimate of drug-likeness (QED) is 0.636. The van der Waals surface area contributed by atoms with Crippen LogP contribution in [0.2, 0.25) is 0 Å². The molecule has 1 amide bonds. The second kappa shape index (κ2) is 9.62. The number of rotatable bonds is 5. The summed E-state index contributed by atoms with van der Waals surface area (Å²) in [5.74, 6) is 1.75. The maximum atomic E-state index is 12.7. The Kier molecular flexibility index (Phi) is 7.50. The van der Waals surface area contributed by atoms with E-state index in [9.17, 15) is 4.79 Å².